The summed E-state index contributed by atoms with van der Waals surface area (Å²) in [7, 11) is 0. The third-order valence-electron chi connectivity index (χ3n) is 5.24. The number of aromatic nitrogens is 4. The van der Waals surface area contributed by atoms with Crippen molar-refractivity contribution >= 4 is 46.1 Å². The number of carboxylic acids is 1. The topological polar surface area (TPSA) is 192 Å². The van der Waals surface area contributed by atoms with Gasteiger partial charge < -0.3 is 20.7 Å². The van der Waals surface area contributed by atoms with Crippen LogP contribution in [0.4, 0.5) is 19.1 Å². The Morgan fingerprint density at radius 2 is 1.90 bits per heavy atom. The quantitative estimate of drug-likeness (QED) is 0.149. The number of nitrogens with zero attached hydrogens (tertiary/aromatic N) is 4. The molecule has 0 saturated heterocycles. The molecule has 220 valence electrons. The van der Waals surface area contributed by atoms with Crippen molar-refractivity contribution in [3.8, 4) is 16.5 Å². The van der Waals surface area contributed by atoms with E-state index < -0.39 is 23.6 Å². The Labute approximate surface area is 240 Å². The molecule has 2 amide bonds. The molecule has 4 rings (SSSR count). The van der Waals surface area contributed by atoms with E-state index in [1.807, 2.05) is 41.0 Å². The number of rotatable bonds is 8. The van der Waals surface area contributed by atoms with Gasteiger partial charge in [-0.15, -0.1) is 11.3 Å². The van der Waals surface area contributed by atoms with E-state index in [0.29, 0.717) is 22.9 Å². The van der Waals surface area contributed by atoms with E-state index in [4.69, 9.17) is 15.6 Å². The minimum absolute atomic E-state index is 0.0485. The monoisotopic (exact) mass is 602 g/mol. The predicted molar refractivity (Wildman–Crippen MR) is 148 cm³/mol. The van der Waals surface area contributed by atoms with Crippen molar-refractivity contribution in [3.63, 3.8) is 0 Å². The number of anilines is 1. The fraction of sp³-hybridized carbons (Fsp3) is 0.231. The number of fused-ring (bicyclic) bond motifs is 1. The first-order chi connectivity index (χ1) is 19.7. The van der Waals surface area contributed by atoms with Gasteiger partial charge in [-0.2, -0.15) is 23.5 Å². The van der Waals surface area contributed by atoms with Crippen LogP contribution in [0.15, 0.2) is 60.4 Å². The number of thiophene rings is 1. The molecule has 3 aromatic heterocycles. The van der Waals surface area contributed by atoms with Crippen LogP contribution in [0.5, 0.6) is 0 Å². The van der Waals surface area contributed by atoms with Crippen LogP contribution in [-0.4, -0.2) is 60.9 Å². The summed E-state index contributed by atoms with van der Waals surface area (Å²) < 4.78 is 33.6. The normalized spacial score (nSPS) is 11.8. The molecule has 0 bridgehead atoms. The van der Waals surface area contributed by atoms with Crippen LogP contribution in [-0.2, 0) is 16.1 Å². The smallest absolute Gasteiger partial charge is 0.475 e. The van der Waals surface area contributed by atoms with Gasteiger partial charge in [-0.05, 0) is 44.2 Å². The molecule has 1 aromatic carbocycles. The van der Waals surface area contributed by atoms with Crippen molar-refractivity contribution in [1.29, 1.82) is 5.26 Å². The maximum atomic E-state index is 13.0. The molecule has 4 aromatic rings. The summed E-state index contributed by atoms with van der Waals surface area (Å²) in [5, 5.41) is 28.7. The van der Waals surface area contributed by atoms with Gasteiger partial charge in [-0.1, -0.05) is 12.1 Å². The number of hydrogen-bond acceptors (Lipinski definition) is 8. The fourth-order valence-electron chi connectivity index (χ4n) is 3.46. The second-order valence-corrected chi connectivity index (χ2v) is 10.3. The maximum Gasteiger partial charge on any atom is 0.490 e. The van der Waals surface area contributed by atoms with Crippen molar-refractivity contribution in [2.45, 2.75) is 32.1 Å². The van der Waals surface area contributed by atoms with Crippen LogP contribution in [0, 0.1) is 11.3 Å². The minimum atomic E-state index is -5.08. The lowest BCUT2D eigenvalue weighted by atomic mass is 10.0. The number of carbonyl (C=O) groups excluding carboxylic acids is 2. The lowest BCUT2D eigenvalue weighted by Gasteiger charge is -2.14. The summed E-state index contributed by atoms with van der Waals surface area (Å²) in [4.78, 5) is 40.3. The van der Waals surface area contributed by atoms with Gasteiger partial charge in [0.1, 0.15) is 11.6 Å². The zero-order valence-corrected chi connectivity index (χ0v) is 23.0. The van der Waals surface area contributed by atoms with Gasteiger partial charge in [-0.3, -0.25) is 20.0 Å². The standard InChI is InChI=1S/C24H24N8O2S.C2HF3O2/c1-24(2,26)11-15(12-25)21(33)27-9-10-32-18-6-4-3-5-17(18)30-23(32)31-22(34)20-8-7-19(35-20)16-13-28-29-14-16;3-2(4,5)1(6)7/h3-8,11,13-14H,9-10,26H2,1-2H3,(H,27,33)(H,28,29)(H,30,31,34);(H,6,7). The van der Waals surface area contributed by atoms with E-state index in [1.165, 1.54) is 17.4 Å². The largest absolute Gasteiger partial charge is 0.490 e. The van der Waals surface area contributed by atoms with Gasteiger partial charge in [0.2, 0.25) is 5.95 Å². The molecule has 0 unspecified atom stereocenters. The molecule has 16 heteroatoms. The van der Waals surface area contributed by atoms with Gasteiger partial charge in [-0.25, -0.2) is 9.78 Å². The zero-order valence-electron chi connectivity index (χ0n) is 22.2. The van der Waals surface area contributed by atoms with E-state index in [0.717, 1.165) is 16.0 Å². The Bertz CT molecular complexity index is 1640. The first kappa shape index (κ1) is 31.5. The van der Waals surface area contributed by atoms with Crippen molar-refractivity contribution in [1.82, 2.24) is 25.1 Å². The molecular formula is C26H25F3N8O4S. The Morgan fingerprint density at radius 1 is 1.21 bits per heavy atom. The number of halogens is 3. The maximum absolute atomic E-state index is 13.0. The fourth-order valence-corrected chi connectivity index (χ4v) is 4.34. The number of carboxylic acid groups (broad SMARTS) is 1. The van der Waals surface area contributed by atoms with Crippen molar-refractivity contribution in [3.05, 3.63) is 65.3 Å². The Balaban J connectivity index is 0.000000616. The Kier molecular flexibility index (Phi) is 9.83. The third-order valence-corrected chi connectivity index (χ3v) is 6.37. The third kappa shape index (κ3) is 8.49. The van der Waals surface area contributed by atoms with E-state index in [-0.39, 0.29) is 18.0 Å². The molecular weight excluding hydrogens is 577 g/mol. The van der Waals surface area contributed by atoms with E-state index in [2.05, 4.69) is 25.8 Å². The summed E-state index contributed by atoms with van der Waals surface area (Å²) in [5.74, 6) is -3.19. The molecule has 0 aliphatic carbocycles. The molecule has 3 heterocycles. The lowest BCUT2D eigenvalue weighted by Crippen LogP contribution is -2.33. The summed E-state index contributed by atoms with van der Waals surface area (Å²) in [5.41, 5.74) is 7.48. The van der Waals surface area contributed by atoms with Crippen LogP contribution in [0.25, 0.3) is 21.5 Å². The molecule has 12 nitrogen and oxygen atoms in total. The first-order valence-corrected chi connectivity index (χ1v) is 12.9. The van der Waals surface area contributed by atoms with Gasteiger partial charge in [0.15, 0.2) is 0 Å². The van der Waals surface area contributed by atoms with Gasteiger partial charge in [0.25, 0.3) is 11.8 Å². The highest BCUT2D eigenvalue weighted by Crippen LogP contribution is 2.28. The second kappa shape index (κ2) is 13.1. The number of nitriles is 1. The number of para-hydroxylation sites is 2. The molecule has 0 radical (unpaired) electrons. The zero-order chi connectivity index (χ0) is 31.1. The number of amides is 2. The number of aromatic amines is 1. The van der Waals surface area contributed by atoms with Crippen molar-refractivity contribution in [2.24, 2.45) is 5.73 Å². The predicted octanol–water partition coefficient (Wildman–Crippen LogP) is 3.68. The Hall–Kier alpha value is -5.01. The molecule has 0 aliphatic rings. The average Bonchev–Trinajstić information content (AvgIpc) is 3.67. The van der Waals surface area contributed by atoms with E-state index >= 15 is 0 Å². The number of nitrogens with two attached hydrogens (primary N) is 1. The number of hydrogen-bond donors (Lipinski definition) is 5. The second-order valence-electron chi connectivity index (χ2n) is 9.23. The highest BCUT2D eigenvalue weighted by atomic mass is 32.1. The van der Waals surface area contributed by atoms with Crippen LogP contribution in [0.2, 0.25) is 0 Å². The summed E-state index contributed by atoms with van der Waals surface area (Å²) in [6, 6.07) is 13.0. The van der Waals surface area contributed by atoms with E-state index in [1.54, 1.807) is 32.3 Å². The summed E-state index contributed by atoms with van der Waals surface area (Å²) in [6.45, 7) is 3.96. The highest BCUT2D eigenvalue weighted by Gasteiger charge is 2.38. The molecule has 0 spiro atoms. The Morgan fingerprint density at radius 3 is 2.50 bits per heavy atom. The van der Waals surface area contributed by atoms with Gasteiger partial charge >= 0.3 is 12.1 Å². The van der Waals surface area contributed by atoms with Gasteiger partial charge in [0.05, 0.1) is 22.1 Å². The van der Waals surface area contributed by atoms with Crippen molar-refractivity contribution in [2.75, 3.05) is 11.9 Å². The molecule has 42 heavy (non-hydrogen) atoms. The number of alkyl halides is 3. The van der Waals surface area contributed by atoms with Crippen LogP contribution in [0.3, 0.4) is 0 Å². The number of imidazole rings is 1. The number of carbonyl (C=O) groups is 3. The average molecular weight is 603 g/mol. The molecule has 0 aliphatic heterocycles. The van der Waals surface area contributed by atoms with Crippen molar-refractivity contribution < 1.29 is 32.7 Å². The molecule has 0 atom stereocenters. The molecule has 6 N–H and O–H groups in total. The first-order valence-electron chi connectivity index (χ1n) is 12.1. The molecule has 0 fully saturated rings. The SMILES string of the molecule is CC(C)(N)C=C(C#N)C(=O)NCCn1c(NC(=O)c2ccc(-c3cn[nH]c3)s2)nc2ccccc21.O=C(O)C(F)(F)F. The van der Waals surface area contributed by atoms with Crippen LogP contribution in [0.1, 0.15) is 23.5 Å². The van der Waals surface area contributed by atoms with Crippen LogP contribution >= 0.6 is 11.3 Å². The summed E-state index contributed by atoms with van der Waals surface area (Å²) in [6.07, 6.45) is -0.190. The minimum Gasteiger partial charge on any atom is -0.475 e. The number of H-pyrrole nitrogens is 1. The number of benzene rings is 1. The number of aliphatic carboxylic acids is 1. The number of nitrogens with one attached hydrogen (secondary N) is 3. The van der Waals surface area contributed by atoms with Crippen LogP contribution < -0.4 is 16.4 Å². The van der Waals surface area contributed by atoms with Gasteiger partial charge in [0, 0.05) is 35.3 Å². The summed E-state index contributed by atoms with van der Waals surface area (Å²) >= 11 is 1.35. The molecule has 0 saturated carbocycles. The lowest BCUT2D eigenvalue weighted by molar-refractivity contribution is -0.192. The van der Waals surface area contributed by atoms with E-state index in [9.17, 15) is 28.0 Å². The highest BCUT2D eigenvalue weighted by molar-refractivity contribution is 7.17.